The Morgan fingerprint density at radius 3 is 2.70 bits per heavy atom. The number of hydrogen-bond donors (Lipinski definition) is 1. The molecule has 1 heterocycles. The highest BCUT2D eigenvalue weighted by Crippen LogP contribution is 2.36. The number of aromatic hydroxyl groups is 1. The first-order valence-corrected chi connectivity index (χ1v) is 9.49. The number of aliphatic imine (C=N–C) groups is 1. The number of carbonyl (C=O) groups excluding carboxylic acids is 1. The molecule has 0 unspecified atom stereocenters. The Hall–Kier alpha value is -2.73. The number of rotatable bonds is 4. The van der Waals surface area contributed by atoms with Gasteiger partial charge in [-0.25, -0.2) is 4.99 Å². The van der Waals surface area contributed by atoms with E-state index in [2.05, 4.69) is 0 Å². The zero-order chi connectivity index (χ0) is 19.6. The lowest BCUT2D eigenvalue weighted by molar-refractivity contribution is -0.122. The van der Waals surface area contributed by atoms with Gasteiger partial charge in [-0.2, -0.15) is 0 Å². The Kier molecular flexibility index (Phi) is 5.56. The Labute approximate surface area is 163 Å². The molecule has 0 radical (unpaired) electrons. The molecule has 2 aromatic carbocycles. The molecule has 0 saturated carbocycles. The molecule has 0 atom stereocenters. The van der Waals surface area contributed by atoms with Gasteiger partial charge < -0.3 is 9.84 Å². The molecule has 0 bridgehead atoms. The Bertz CT molecular complexity index is 950. The highest BCUT2D eigenvalue weighted by atomic mass is 32.2. The minimum atomic E-state index is -0.0707. The molecule has 1 amide bonds. The zero-order valence-electron chi connectivity index (χ0n) is 15.8. The number of aryl methyl sites for hydroxylation is 2. The summed E-state index contributed by atoms with van der Waals surface area (Å²) in [6, 6.07) is 11.1. The topological polar surface area (TPSA) is 62.1 Å². The number of ether oxygens (including phenoxy) is 1. The van der Waals surface area contributed by atoms with E-state index in [1.807, 2.05) is 39.0 Å². The summed E-state index contributed by atoms with van der Waals surface area (Å²) in [5, 5.41) is 10.4. The molecule has 1 N–H and O–H groups in total. The minimum Gasteiger partial charge on any atom is -0.504 e. The van der Waals surface area contributed by atoms with Gasteiger partial charge in [0.2, 0.25) is 0 Å². The summed E-state index contributed by atoms with van der Waals surface area (Å²) in [6.45, 7) is 6.52. The fraction of sp³-hybridized carbons (Fsp3) is 0.238. The number of carbonyl (C=O) groups is 1. The third-order valence-electron chi connectivity index (χ3n) is 4.29. The van der Waals surface area contributed by atoms with Crippen molar-refractivity contribution in [2.45, 2.75) is 20.8 Å². The molecule has 0 aliphatic carbocycles. The van der Waals surface area contributed by atoms with Crippen molar-refractivity contribution in [1.82, 2.24) is 4.90 Å². The fourth-order valence-electron chi connectivity index (χ4n) is 2.75. The Balaban J connectivity index is 1.97. The van der Waals surface area contributed by atoms with Gasteiger partial charge in [0.1, 0.15) is 0 Å². The summed E-state index contributed by atoms with van der Waals surface area (Å²) in [5.74, 6) is 0.368. The quantitative estimate of drug-likeness (QED) is 0.783. The molecule has 1 aliphatic heterocycles. The second kappa shape index (κ2) is 7.88. The van der Waals surface area contributed by atoms with Crippen LogP contribution in [0.1, 0.15) is 23.6 Å². The van der Waals surface area contributed by atoms with Crippen molar-refractivity contribution in [2.75, 3.05) is 13.7 Å². The summed E-state index contributed by atoms with van der Waals surface area (Å²) < 4.78 is 5.14. The second-order valence-electron chi connectivity index (χ2n) is 6.28. The normalized spacial score (nSPS) is 17.2. The molecule has 6 heteroatoms. The molecule has 0 aromatic heterocycles. The number of nitrogens with zero attached hydrogens (tertiary/aromatic N) is 2. The van der Waals surface area contributed by atoms with Crippen molar-refractivity contribution in [3.8, 4) is 11.5 Å². The van der Waals surface area contributed by atoms with Crippen LogP contribution < -0.4 is 4.74 Å². The number of phenolic OH excluding ortho intramolecular Hbond substituents is 1. The SMILES string of the molecule is CCN1C(=O)/C(=C\c2ccc(O)c(OC)c2)SC1=Nc1cc(C)ccc1C. The number of amides is 1. The van der Waals surface area contributed by atoms with E-state index in [-0.39, 0.29) is 11.7 Å². The predicted octanol–water partition coefficient (Wildman–Crippen LogP) is 4.64. The van der Waals surface area contributed by atoms with Gasteiger partial charge in [0.05, 0.1) is 17.7 Å². The van der Waals surface area contributed by atoms with E-state index in [4.69, 9.17) is 9.73 Å². The first-order chi connectivity index (χ1) is 12.9. The van der Waals surface area contributed by atoms with Gasteiger partial charge in [0.25, 0.3) is 5.91 Å². The first-order valence-electron chi connectivity index (χ1n) is 8.67. The van der Waals surface area contributed by atoms with Crippen LogP contribution in [0.4, 0.5) is 5.69 Å². The molecule has 1 aliphatic rings. The van der Waals surface area contributed by atoms with Crippen LogP contribution in [0.25, 0.3) is 6.08 Å². The Morgan fingerprint density at radius 1 is 1.22 bits per heavy atom. The van der Waals surface area contributed by atoms with Crippen LogP contribution in [-0.2, 0) is 4.79 Å². The Morgan fingerprint density at radius 2 is 2.00 bits per heavy atom. The summed E-state index contributed by atoms with van der Waals surface area (Å²) in [4.78, 5) is 19.8. The number of benzene rings is 2. The van der Waals surface area contributed by atoms with Crippen LogP contribution >= 0.6 is 11.8 Å². The second-order valence-corrected chi connectivity index (χ2v) is 7.28. The maximum Gasteiger partial charge on any atom is 0.266 e. The van der Waals surface area contributed by atoms with Crippen molar-refractivity contribution in [3.63, 3.8) is 0 Å². The zero-order valence-corrected chi connectivity index (χ0v) is 16.6. The number of thioether (sulfide) groups is 1. The largest absolute Gasteiger partial charge is 0.504 e. The molecule has 1 fully saturated rings. The van der Waals surface area contributed by atoms with Crippen LogP contribution in [0.5, 0.6) is 11.5 Å². The van der Waals surface area contributed by atoms with Gasteiger partial charge in [-0.05, 0) is 73.5 Å². The van der Waals surface area contributed by atoms with Gasteiger partial charge in [0, 0.05) is 6.54 Å². The van der Waals surface area contributed by atoms with Gasteiger partial charge in [-0.3, -0.25) is 9.69 Å². The monoisotopic (exact) mass is 382 g/mol. The smallest absolute Gasteiger partial charge is 0.266 e. The van der Waals surface area contributed by atoms with Crippen LogP contribution in [0.3, 0.4) is 0 Å². The third kappa shape index (κ3) is 4.01. The molecule has 5 nitrogen and oxygen atoms in total. The number of methoxy groups -OCH3 is 1. The molecule has 140 valence electrons. The van der Waals surface area contributed by atoms with E-state index in [0.717, 1.165) is 22.4 Å². The molecule has 0 spiro atoms. The summed E-state index contributed by atoms with van der Waals surface area (Å²) in [5.41, 5.74) is 3.85. The van der Waals surface area contributed by atoms with Crippen LogP contribution in [0.2, 0.25) is 0 Å². The number of hydrogen-bond acceptors (Lipinski definition) is 5. The molecule has 27 heavy (non-hydrogen) atoms. The van der Waals surface area contributed by atoms with E-state index in [0.29, 0.717) is 22.4 Å². The van der Waals surface area contributed by atoms with Crippen LogP contribution in [0, 0.1) is 13.8 Å². The molecule has 2 aromatic rings. The van der Waals surface area contributed by atoms with E-state index < -0.39 is 0 Å². The van der Waals surface area contributed by atoms with Gasteiger partial charge in [-0.1, -0.05) is 18.2 Å². The average molecular weight is 382 g/mol. The van der Waals surface area contributed by atoms with Crippen molar-refractivity contribution in [1.29, 1.82) is 0 Å². The average Bonchev–Trinajstić information content (AvgIpc) is 2.94. The van der Waals surface area contributed by atoms with E-state index in [1.54, 1.807) is 29.2 Å². The van der Waals surface area contributed by atoms with Gasteiger partial charge >= 0.3 is 0 Å². The number of likely N-dealkylation sites (N-methyl/N-ethyl adjacent to an activating group) is 1. The van der Waals surface area contributed by atoms with E-state index in [1.165, 1.54) is 18.9 Å². The lowest BCUT2D eigenvalue weighted by Crippen LogP contribution is -2.28. The van der Waals surface area contributed by atoms with Crippen molar-refractivity contribution >= 4 is 34.6 Å². The van der Waals surface area contributed by atoms with Gasteiger partial charge in [-0.15, -0.1) is 0 Å². The maximum atomic E-state index is 12.8. The van der Waals surface area contributed by atoms with Crippen molar-refractivity contribution in [2.24, 2.45) is 4.99 Å². The standard InChI is InChI=1S/C21H22N2O3S/c1-5-23-20(25)19(12-15-8-9-17(24)18(11-15)26-4)27-21(23)22-16-10-13(2)6-7-14(16)3/h6-12,24H,5H2,1-4H3/b19-12+,22-21?. The van der Waals surface area contributed by atoms with Crippen LogP contribution in [0.15, 0.2) is 46.3 Å². The maximum absolute atomic E-state index is 12.8. The lowest BCUT2D eigenvalue weighted by Gasteiger charge is -2.12. The molecule has 3 rings (SSSR count). The summed E-state index contributed by atoms with van der Waals surface area (Å²) in [7, 11) is 1.50. The fourth-order valence-corrected chi connectivity index (χ4v) is 3.80. The highest BCUT2D eigenvalue weighted by Gasteiger charge is 2.32. The predicted molar refractivity (Wildman–Crippen MR) is 111 cm³/mol. The molecular formula is C21H22N2O3S. The lowest BCUT2D eigenvalue weighted by atomic mass is 10.1. The van der Waals surface area contributed by atoms with Crippen molar-refractivity contribution < 1.29 is 14.6 Å². The number of phenols is 1. The van der Waals surface area contributed by atoms with E-state index >= 15 is 0 Å². The molecular weight excluding hydrogens is 360 g/mol. The van der Waals surface area contributed by atoms with Crippen LogP contribution in [-0.4, -0.2) is 34.7 Å². The first kappa shape index (κ1) is 19.0. The van der Waals surface area contributed by atoms with Gasteiger partial charge in [0.15, 0.2) is 16.7 Å². The number of amidine groups is 1. The minimum absolute atomic E-state index is 0.0670. The summed E-state index contributed by atoms with van der Waals surface area (Å²) in [6.07, 6.45) is 1.79. The van der Waals surface area contributed by atoms with Crippen molar-refractivity contribution in [3.05, 3.63) is 58.0 Å². The highest BCUT2D eigenvalue weighted by molar-refractivity contribution is 8.18. The summed E-state index contributed by atoms with van der Waals surface area (Å²) >= 11 is 1.36. The van der Waals surface area contributed by atoms with E-state index in [9.17, 15) is 9.90 Å². The molecule has 1 saturated heterocycles. The third-order valence-corrected chi connectivity index (χ3v) is 5.29.